The number of benzene rings is 1. The summed E-state index contributed by atoms with van der Waals surface area (Å²) in [7, 11) is 0. The van der Waals surface area contributed by atoms with Gasteiger partial charge >= 0.3 is 5.69 Å². The fourth-order valence-electron chi connectivity index (χ4n) is 1.22. The van der Waals surface area contributed by atoms with Crippen molar-refractivity contribution in [3.05, 3.63) is 33.9 Å². The van der Waals surface area contributed by atoms with E-state index in [9.17, 15) is 10.1 Å². The standard InChI is InChI=1S/C10H13NO5/c1-7-3-2-4-9(10(7)11(14)15)16-6-8(13)5-12/h2-4,8,12-13H,5-6H2,1H3. The molecule has 0 saturated carbocycles. The molecular formula is C10H13NO5. The quantitative estimate of drug-likeness (QED) is 0.568. The first-order valence-electron chi connectivity index (χ1n) is 4.72. The molecule has 0 saturated heterocycles. The Morgan fingerprint density at radius 1 is 1.56 bits per heavy atom. The molecule has 0 aromatic heterocycles. The molecular weight excluding hydrogens is 214 g/mol. The Morgan fingerprint density at radius 2 is 2.25 bits per heavy atom. The third-order valence-corrected chi connectivity index (χ3v) is 2.03. The van der Waals surface area contributed by atoms with E-state index < -0.39 is 17.6 Å². The number of ether oxygens (including phenoxy) is 1. The van der Waals surface area contributed by atoms with Crippen molar-refractivity contribution in [2.75, 3.05) is 13.2 Å². The summed E-state index contributed by atoms with van der Waals surface area (Å²) in [5.41, 5.74) is 0.369. The molecule has 0 fully saturated rings. The van der Waals surface area contributed by atoms with Gasteiger partial charge in [-0.05, 0) is 13.0 Å². The summed E-state index contributed by atoms with van der Waals surface area (Å²) in [5.74, 6) is 0.0949. The van der Waals surface area contributed by atoms with Crippen LogP contribution in [-0.4, -0.2) is 34.5 Å². The first-order valence-corrected chi connectivity index (χ1v) is 4.72. The van der Waals surface area contributed by atoms with Crippen molar-refractivity contribution in [2.24, 2.45) is 0 Å². The molecule has 1 atom stereocenters. The van der Waals surface area contributed by atoms with E-state index in [1.54, 1.807) is 19.1 Å². The van der Waals surface area contributed by atoms with Crippen molar-refractivity contribution in [2.45, 2.75) is 13.0 Å². The first kappa shape index (κ1) is 12.4. The molecule has 0 aliphatic heterocycles. The zero-order valence-corrected chi connectivity index (χ0v) is 8.79. The Kier molecular flexibility index (Phi) is 4.21. The molecule has 16 heavy (non-hydrogen) atoms. The van der Waals surface area contributed by atoms with E-state index in [1.165, 1.54) is 6.07 Å². The summed E-state index contributed by atoms with van der Waals surface area (Å²) in [6, 6.07) is 4.69. The summed E-state index contributed by atoms with van der Waals surface area (Å²) >= 11 is 0. The van der Waals surface area contributed by atoms with E-state index in [1.807, 2.05) is 0 Å². The molecule has 1 aromatic carbocycles. The summed E-state index contributed by atoms with van der Waals surface area (Å²) in [5, 5.41) is 28.4. The highest BCUT2D eigenvalue weighted by Gasteiger charge is 2.18. The number of hydrogen-bond donors (Lipinski definition) is 2. The fourth-order valence-corrected chi connectivity index (χ4v) is 1.22. The molecule has 2 N–H and O–H groups in total. The minimum Gasteiger partial charge on any atom is -0.484 e. The second-order valence-corrected chi connectivity index (χ2v) is 3.33. The third kappa shape index (κ3) is 2.91. The van der Waals surface area contributed by atoms with Crippen molar-refractivity contribution in [3.63, 3.8) is 0 Å². The maximum absolute atomic E-state index is 10.8. The molecule has 0 heterocycles. The average Bonchev–Trinajstić information content (AvgIpc) is 2.25. The monoisotopic (exact) mass is 227 g/mol. The van der Waals surface area contributed by atoms with Crippen LogP contribution in [0.15, 0.2) is 18.2 Å². The topological polar surface area (TPSA) is 92.8 Å². The Hall–Kier alpha value is -1.66. The Morgan fingerprint density at radius 3 is 2.81 bits per heavy atom. The lowest BCUT2D eigenvalue weighted by atomic mass is 10.2. The van der Waals surface area contributed by atoms with Crippen molar-refractivity contribution in [3.8, 4) is 5.75 Å². The minimum absolute atomic E-state index is 0.0949. The van der Waals surface area contributed by atoms with Crippen LogP contribution in [0.2, 0.25) is 0 Å². The predicted octanol–water partition coefficient (Wildman–Crippen LogP) is 0.635. The van der Waals surface area contributed by atoms with Crippen LogP contribution in [0.25, 0.3) is 0 Å². The highest BCUT2D eigenvalue weighted by atomic mass is 16.6. The largest absolute Gasteiger partial charge is 0.484 e. The summed E-state index contributed by atoms with van der Waals surface area (Å²) < 4.78 is 5.08. The molecule has 1 unspecified atom stereocenters. The lowest BCUT2D eigenvalue weighted by Gasteiger charge is -2.10. The van der Waals surface area contributed by atoms with Crippen LogP contribution in [0.1, 0.15) is 5.56 Å². The minimum atomic E-state index is -1.04. The van der Waals surface area contributed by atoms with Crippen LogP contribution in [0.3, 0.4) is 0 Å². The van der Waals surface area contributed by atoms with Gasteiger partial charge in [-0.2, -0.15) is 0 Å². The SMILES string of the molecule is Cc1cccc(OCC(O)CO)c1[N+](=O)[O-]. The number of rotatable bonds is 5. The van der Waals surface area contributed by atoms with Gasteiger partial charge in [0, 0.05) is 5.56 Å². The molecule has 0 aliphatic carbocycles. The van der Waals surface area contributed by atoms with Crippen LogP contribution in [0.4, 0.5) is 5.69 Å². The molecule has 0 radical (unpaired) electrons. The summed E-state index contributed by atoms with van der Waals surface area (Å²) in [6.07, 6.45) is -1.04. The Bertz CT molecular complexity index is 379. The van der Waals surface area contributed by atoms with Gasteiger partial charge in [0.15, 0.2) is 5.75 Å². The van der Waals surface area contributed by atoms with Gasteiger partial charge in [-0.3, -0.25) is 10.1 Å². The number of nitro groups is 1. The number of para-hydroxylation sites is 1. The molecule has 0 bridgehead atoms. The lowest BCUT2D eigenvalue weighted by Crippen LogP contribution is -2.21. The zero-order valence-electron chi connectivity index (χ0n) is 8.79. The molecule has 1 aromatic rings. The highest BCUT2D eigenvalue weighted by molar-refractivity contribution is 5.51. The van der Waals surface area contributed by atoms with E-state index in [2.05, 4.69) is 0 Å². The fraction of sp³-hybridized carbons (Fsp3) is 0.400. The van der Waals surface area contributed by atoms with E-state index in [0.29, 0.717) is 5.56 Å². The first-order chi connectivity index (χ1) is 7.56. The van der Waals surface area contributed by atoms with Crippen molar-refractivity contribution >= 4 is 5.69 Å². The number of aryl methyl sites for hydroxylation is 1. The highest BCUT2D eigenvalue weighted by Crippen LogP contribution is 2.30. The molecule has 0 spiro atoms. The predicted molar refractivity (Wildman–Crippen MR) is 56.4 cm³/mol. The molecule has 6 nitrogen and oxygen atoms in total. The van der Waals surface area contributed by atoms with Crippen molar-refractivity contribution in [1.29, 1.82) is 0 Å². The third-order valence-electron chi connectivity index (χ3n) is 2.03. The van der Waals surface area contributed by atoms with Crippen molar-refractivity contribution < 1.29 is 19.9 Å². The number of nitro benzene ring substituents is 1. The van der Waals surface area contributed by atoms with Crippen LogP contribution in [0.5, 0.6) is 5.75 Å². The van der Waals surface area contributed by atoms with Gasteiger partial charge in [0.1, 0.15) is 12.7 Å². The molecule has 0 amide bonds. The van der Waals surface area contributed by atoms with Gasteiger partial charge in [-0.25, -0.2) is 0 Å². The van der Waals surface area contributed by atoms with E-state index in [4.69, 9.17) is 14.9 Å². The summed E-state index contributed by atoms with van der Waals surface area (Å²) in [6.45, 7) is 0.980. The van der Waals surface area contributed by atoms with Gasteiger partial charge in [0.2, 0.25) is 0 Å². The lowest BCUT2D eigenvalue weighted by molar-refractivity contribution is -0.386. The molecule has 1 rings (SSSR count). The smallest absolute Gasteiger partial charge is 0.313 e. The van der Waals surface area contributed by atoms with Gasteiger partial charge in [0.05, 0.1) is 11.5 Å². The Balaban J connectivity index is 2.87. The second kappa shape index (κ2) is 5.43. The van der Waals surface area contributed by atoms with E-state index >= 15 is 0 Å². The van der Waals surface area contributed by atoms with E-state index in [-0.39, 0.29) is 18.0 Å². The van der Waals surface area contributed by atoms with Crippen LogP contribution >= 0.6 is 0 Å². The van der Waals surface area contributed by atoms with Crippen LogP contribution < -0.4 is 4.74 Å². The zero-order chi connectivity index (χ0) is 12.1. The van der Waals surface area contributed by atoms with Gasteiger partial charge in [0.25, 0.3) is 0 Å². The average molecular weight is 227 g/mol. The molecule has 6 heteroatoms. The maximum atomic E-state index is 10.8. The van der Waals surface area contributed by atoms with Crippen LogP contribution in [-0.2, 0) is 0 Å². The normalized spacial score (nSPS) is 12.2. The second-order valence-electron chi connectivity index (χ2n) is 3.33. The van der Waals surface area contributed by atoms with Gasteiger partial charge in [-0.1, -0.05) is 12.1 Å². The van der Waals surface area contributed by atoms with Crippen molar-refractivity contribution in [1.82, 2.24) is 0 Å². The van der Waals surface area contributed by atoms with E-state index in [0.717, 1.165) is 0 Å². The Labute approximate surface area is 92.2 Å². The number of nitrogens with zero attached hydrogens (tertiary/aromatic N) is 1. The number of aliphatic hydroxyl groups is 2. The summed E-state index contributed by atoms with van der Waals surface area (Å²) in [4.78, 5) is 10.2. The molecule has 0 aliphatic rings. The van der Waals surface area contributed by atoms with Gasteiger partial charge in [-0.15, -0.1) is 0 Å². The maximum Gasteiger partial charge on any atom is 0.313 e. The van der Waals surface area contributed by atoms with Crippen LogP contribution in [0, 0.1) is 17.0 Å². The van der Waals surface area contributed by atoms with Gasteiger partial charge < -0.3 is 14.9 Å². The number of hydrogen-bond acceptors (Lipinski definition) is 5. The number of aliphatic hydroxyl groups excluding tert-OH is 2. The molecule has 88 valence electrons.